The number of anilines is 2. The predicted molar refractivity (Wildman–Crippen MR) is 363 cm³/mol. The van der Waals surface area contributed by atoms with Gasteiger partial charge < -0.3 is 4.90 Å². The quantitative estimate of drug-likeness (QED) is 0.117. The minimum absolute atomic E-state index is 0. The standard InChI is InChI=1S/C71H70N.C7H8.2C2H6.Y/c1-9-22-50-27-21-32-59(69(50)55-28-16-15-24-47(55)4)52-36-41-62-63-44-51(37-43-65(63)71(7,8)66(62)45-52)58-31-19-20-33-68(58)72(54-40-42-61-60(23-10-2)64(11-3)70(5,6)67(61)46-54)53-38-34-49(35-39-53)57-30-18-17-29-56(57)48-25-13-12-14-26-48;1-7-5-3-2-4-6-7;2*1-2;/h11-16,21,23-25,27-29,31-46,57H,9-10,17-20,22,30H2,1-8H3;2-6H,1H3;2*1-2H3;/q-1;;;;/b60-23-,64-11+;;;;. The van der Waals surface area contributed by atoms with Crippen molar-refractivity contribution in [2.24, 2.45) is 0 Å². The Morgan fingerprint density at radius 3 is 1.94 bits per heavy atom. The maximum Gasteiger partial charge on any atom is 0.0497 e. The number of hydrogen-bond donors (Lipinski definition) is 0. The third kappa shape index (κ3) is 12.7. The second-order valence-electron chi connectivity index (χ2n) is 23.4. The molecule has 8 aromatic rings. The molecule has 0 spiro atoms. The maximum absolute atomic E-state index is 3.55. The van der Waals surface area contributed by atoms with Crippen LogP contribution < -0.4 is 4.90 Å². The number of nitrogens with zero attached hydrogens (tertiary/aromatic N) is 1. The SMILES string of the molecule is C/C=C1\C(=C/CC)c2ccc(N(C3=CCCC=C3c3ccc4c(c3)-c3ccc(-c5cccc(CCC)c5-c5ccccc5C)cc3C4(C)C)c3ccc(C4CCCC=C4c4[c-]cccc4)cc3)cc2C1(C)C.CC.CC.Cc1ccccc1.[Y]. The van der Waals surface area contributed by atoms with E-state index in [-0.39, 0.29) is 43.5 Å². The average molecular weight is 1180 g/mol. The van der Waals surface area contributed by atoms with Crippen LogP contribution in [0.4, 0.5) is 11.4 Å². The van der Waals surface area contributed by atoms with E-state index >= 15 is 0 Å². The molecule has 0 amide bonds. The fraction of sp³-hybridized carbons (Fsp3) is 0.293. The summed E-state index contributed by atoms with van der Waals surface area (Å²) in [7, 11) is 0. The first-order valence-corrected chi connectivity index (χ1v) is 31.4. The molecule has 0 saturated heterocycles. The van der Waals surface area contributed by atoms with E-state index in [0.29, 0.717) is 5.92 Å². The molecule has 1 radical (unpaired) electrons. The molecule has 427 valence electrons. The van der Waals surface area contributed by atoms with Gasteiger partial charge in [-0.25, -0.2) is 0 Å². The Balaban J connectivity index is 0.000000703. The molecule has 1 nitrogen and oxygen atoms in total. The molecule has 1 unspecified atom stereocenters. The summed E-state index contributed by atoms with van der Waals surface area (Å²) in [4.78, 5) is 2.57. The molecule has 0 N–H and O–H groups in total. The summed E-state index contributed by atoms with van der Waals surface area (Å²) in [6.45, 7) is 28.7. The van der Waals surface area contributed by atoms with Crippen LogP contribution in [0.1, 0.15) is 183 Å². The summed E-state index contributed by atoms with van der Waals surface area (Å²) in [6, 6.07) is 69.7. The summed E-state index contributed by atoms with van der Waals surface area (Å²) in [5.41, 5.74) is 30.4. The first-order chi connectivity index (χ1) is 40.4. The molecule has 84 heavy (non-hydrogen) atoms. The van der Waals surface area contributed by atoms with Gasteiger partial charge in [0.25, 0.3) is 0 Å². The molecule has 12 rings (SSSR count). The van der Waals surface area contributed by atoms with E-state index in [0.717, 1.165) is 44.9 Å². The number of allylic oxidation sites excluding steroid dienone is 9. The van der Waals surface area contributed by atoms with Gasteiger partial charge in [-0.15, -0.1) is 47.5 Å². The minimum Gasteiger partial charge on any atom is -0.310 e. The molecule has 1 atom stereocenters. The molecular weight excluding hydrogens is 1090 g/mol. The van der Waals surface area contributed by atoms with Crippen LogP contribution in [0.3, 0.4) is 0 Å². The Kier molecular flexibility index (Phi) is 21.5. The molecule has 0 heterocycles. The topological polar surface area (TPSA) is 3.24 Å². The molecule has 8 aromatic carbocycles. The van der Waals surface area contributed by atoms with Gasteiger partial charge in [-0.3, -0.25) is 0 Å². The van der Waals surface area contributed by atoms with Crippen LogP contribution in [0.25, 0.3) is 50.1 Å². The largest absolute Gasteiger partial charge is 0.310 e. The van der Waals surface area contributed by atoms with E-state index < -0.39 is 0 Å². The van der Waals surface area contributed by atoms with Crippen LogP contribution in [-0.2, 0) is 50.0 Å². The van der Waals surface area contributed by atoms with Crippen molar-refractivity contribution >= 4 is 28.1 Å². The van der Waals surface area contributed by atoms with Crippen molar-refractivity contribution in [3.8, 4) is 33.4 Å². The van der Waals surface area contributed by atoms with Crippen LogP contribution >= 0.6 is 0 Å². The zero-order valence-electron chi connectivity index (χ0n) is 52.9. The van der Waals surface area contributed by atoms with E-state index in [1.807, 2.05) is 45.9 Å². The van der Waals surface area contributed by atoms with Gasteiger partial charge >= 0.3 is 0 Å². The second-order valence-corrected chi connectivity index (χ2v) is 23.4. The molecule has 0 aromatic heterocycles. The molecule has 2 heteroatoms. The molecule has 0 saturated carbocycles. The molecular formula is C82H90NY-. The maximum atomic E-state index is 3.55. The van der Waals surface area contributed by atoms with Gasteiger partial charge in [0.2, 0.25) is 0 Å². The van der Waals surface area contributed by atoms with Crippen molar-refractivity contribution in [1.82, 2.24) is 0 Å². The number of hydrogen-bond acceptors (Lipinski definition) is 1. The fourth-order valence-corrected chi connectivity index (χ4v) is 13.6. The zero-order chi connectivity index (χ0) is 58.8. The Labute approximate surface area is 532 Å². The molecule has 0 bridgehead atoms. The number of rotatable bonds is 11. The first-order valence-electron chi connectivity index (χ1n) is 31.4. The normalized spacial score (nSPS) is 16.8. The van der Waals surface area contributed by atoms with Crippen molar-refractivity contribution < 1.29 is 32.7 Å². The van der Waals surface area contributed by atoms with Crippen molar-refractivity contribution in [1.29, 1.82) is 0 Å². The van der Waals surface area contributed by atoms with Crippen molar-refractivity contribution in [2.75, 3.05) is 4.90 Å². The fourth-order valence-electron chi connectivity index (χ4n) is 13.6. The summed E-state index contributed by atoms with van der Waals surface area (Å²) in [6.07, 6.45) is 20.9. The van der Waals surface area contributed by atoms with E-state index in [2.05, 4.69) is 261 Å². The smallest absolute Gasteiger partial charge is 0.0497 e. The summed E-state index contributed by atoms with van der Waals surface area (Å²) in [5, 5.41) is 0. The van der Waals surface area contributed by atoms with Crippen LogP contribution in [-0.4, -0.2) is 0 Å². The number of fused-ring (bicyclic) bond motifs is 4. The van der Waals surface area contributed by atoms with Crippen LogP contribution in [0.2, 0.25) is 0 Å². The Morgan fingerprint density at radius 2 is 1.25 bits per heavy atom. The van der Waals surface area contributed by atoms with E-state index in [1.54, 1.807) is 0 Å². The minimum atomic E-state index is -0.156. The van der Waals surface area contributed by atoms with Crippen LogP contribution in [0, 0.1) is 19.9 Å². The van der Waals surface area contributed by atoms with Gasteiger partial charge in [-0.05, 0) is 184 Å². The Morgan fingerprint density at radius 1 is 0.571 bits per heavy atom. The predicted octanol–water partition coefficient (Wildman–Crippen LogP) is 23.7. The van der Waals surface area contributed by atoms with Crippen molar-refractivity contribution in [3.05, 3.63) is 279 Å². The summed E-state index contributed by atoms with van der Waals surface area (Å²) >= 11 is 0. The van der Waals surface area contributed by atoms with Gasteiger partial charge in [-0.1, -0.05) is 234 Å². The molecule has 4 aliphatic carbocycles. The van der Waals surface area contributed by atoms with Crippen LogP contribution in [0.5, 0.6) is 0 Å². The van der Waals surface area contributed by atoms with Gasteiger partial charge in [0.1, 0.15) is 0 Å². The molecule has 0 aliphatic heterocycles. The number of benzene rings is 8. The zero-order valence-corrected chi connectivity index (χ0v) is 55.7. The monoisotopic (exact) mass is 1180 g/mol. The average Bonchev–Trinajstić information content (AvgIpc) is 3.21. The third-order valence-electron chi connectivity index (χ3n) is 17.6. The van der Waals surface area contributed by atoms with Gasteiger partial charge in [0, 0.05) is 66.2 Å². The summed E-state index contributed by atoms with van der Waals surface area (Å²) in [5.74, 6) is 0.351. The van der Waals surface area contributed by atoms with Crippen molar-refractivity contribution in [2.45, 2.75) is 158 Å². The van der Waals surface area contributed by atoms with E-state index in [1.165, 1.54) is 135 Å². The third-order valence-corrected chi connectivity index (χ3v) is 17.6. The number of aryl methyl sites for hydroxylation is 3. The van der Waals surface area contributed by atoms with Crippen molar-refractivity contribution in [3.63, 3.8) is 0 Å². The molecule has 0 fully saturated rings. The van der Waals surface area contributed by atoms with Gasteiger partial charge in [0.15, 0.2) is 0 Å². The van der Waals surface area contributed by atoms with E-state index in [4.69, 9.17) is 0 Å². The first kappa shape index (κ1) is 63.4. The Bertz CT molecular complexity index is 3710. The molecule has 4 aliphatic rings. The second kappa shape index (κ2) is 28.5. The van der Waals surface area contributed by atoms with Gasteiger partial charge in [-0.2, -0.15) is 0 Å². The van der Waals surface area contributed by atoms with Gasteiger partial charge in [0.05, 0.1) is 0 Å². The van der Waals surface area contributed by atoms with E-state index in [9.17, 15) is 0 Å². The summed E-state index contributed by atoms with van der Waals surface area (Å²) < 4.78 is 0. The van der Waals surface area contributed by atoms with Crippen LogP contribution in [0.15, 0.2) is 218 Å². The Hall–Kier alpha value is -6.64.